The van der Waals surface area contributed by atoms with Crippen molar-refractivity contribution in [2.24, 2.45) is 5.92 Å². The maximum absolute atomic E-state index is 8.41. The van der Waals surface area contributed by atoms with Gasteiger partial charge in [0.1, 0.15) is 6.61 Å². The summed E-state index contributed by atoms with van der Waals surface area (Å²) in [6.07, 6.45) is 3.49. The third-order valence-corrected chi connectivity index (χ3v) is 1.99. The van der Waals surface area contributed by atoms with E-state index in [1.165, 1.54) is 12.8 Å². The van der Waals surface area contributed by atoms with Crippen LogP contribution in [0.25, 0.3) is 0 Å². The molecular weight excluding hydrogens is 138 g/mol. The van der Waals surface area contributed by atoms with Crippen LogP contribution in [0.1, 0.15) is 19.3 Å². The maximum Gasteiger partial charge on any atom is 0.104 e. The highest BCUT2D eigenvalue weighted by molar-refractivity contribution is 5.00. The molecule has 1 unspecified atom stereocenters. The Morgan fingerprint density at radius 2 is 2.36 bits per heavy atom. The number of aliphatic hydroxyl groups is 1. The first-order chi connectivity index (χ1) is 5.43. The van der Waals surface area contributed by atoms with Crippen molar-refractivity contribution in [3.63, 3.8) is 0 Å². The normalized spacial score (nSPS) is 23.9. The molecule has 1 fully saturated rings. The lowest BCUT2D eigenvalue weighted by Crippen LogP contribution is -2.29. The van der Waals surface area contributed by atoms with Crippen molar-refractivity contribution in [3.8, 4) is 11.8 Å². The number of piperidine rings is 1. The molecule has 11 heavy (non-hydrogen) atoms. The lowest BCUT2D eigenvalue weighted by Gasteiger charge is -2.20. The molecule has 0 radical (unpaired) electrons. The summed E-state index contributed by atoms with van der Waals surface area (Å²) in [5.41, 5.74) is 0. The summed E-state index contributed by atoms with van der Waals surface area (Å²) < 4.78 is 0. The summed E-state index contributed by atoms with van der Waals surface area (Å²) in [7, 11) is 0. The molecular formula is C9H15NO. The average Bonchev–Trinajstić information content (AvgIpc) is 2.07. The molecule has 2 nitrogen and oxygen atoms in total. The van der Waals surface area contributed by atoms with Crippen molar-refractivity contribution < 1.29 is 5.11 Å². The molecule has 2 heteroatoms. The molecule has 0 aromatic rings. The summed E-state index contributed by atoms with van der Waals surface area (Å²) in [6, 6.07) is 0. The van der Waals surface area contributed by atoms with E-state index in [1.807, 2.05) is 0 Å². The van der Waals surface area contributed by atoms with Crippen LogP contribution in [0.2, 0.25) is 0 Å². The largest absolute Gasteiger partial charge is 0.384 e. The van der Waals surface area contributed by atoms with Crippen LogP contribution in [0.5, 0.6) is 0 Å². The fraction of sp³-hybridized carbons (Fsp3) is 0.778. The molecule has 1 aliphatic rings. The Morgan fingerprint density at radius 1 is 1.45 bits per heavy atom. The smallest absolute Gasteiger partial charge is 0.104 e. The quantitative estimate of drug-likeness (QED) is 0.533. The Kier molecular flexibility index (Phi) is 4.03. The first-order valence-corrected chi connectivity index (χ1v) is 4.21. The highest BCUT2D eigenvalue weighted by atomic mass is 16.2. The highest BCUT2D eigenvalue weighted by Crippen LogP contribution is 2.12. The predicted octanol–water partition coefficient (Wildman–Crippen LogP) is 0.372. The van der Waals surface area contributed by atoms with Gasteiger partial charge in [-0.1, -0.05) is 5.92 Å². The molecule has 1 aliphatic heterocycles. The van der Waals surface area contributed by atoms with Crippen molar-refractivity contribution in [2.75, 3.05) is 19.7 Å². The zero-order valence-electron chi connectivity index (χ0n) is 6.77. The summed E-state index contributed by atoms with van der Waals surface area (Å²) in [5, 5.41) is 11.7. The number of hydrogen-bond acceptors (Lipinski definition) is 2. The van der Waals surface area contributed by atoms with Crippen molar-refractivity contribution in [3.05, 3.63) is 0 Å². The molecule has 62 valence electrons. The predicted molar refractivity (Wildman–Crippen MR) is 45.1 cm³/mol. The summed E-state index contributed by atoms with van der Waals surface area (Å²) in [4.78, 5) is 0. The number of hydrogen-bond donors (Lipinski definition) is 2. The van der Waals surface area contributed by atoms with Crippen LogP contribution in [0.3, 0.4) is 0 Å². The van der Waals surface area contributed by atoms with Crippen LogP contribution in [0.4, 0.5) is 0 Å². The van der Waals surface area contributed by atoms with E-state index in [0.29, 0.717) is 5.92 Å². The van der Waals surface area contributed by atoms with Crippen LogP contribution >= 0.6 is 0 Å². The van der Waals surface area contributed by atoms with E-state index < -0.39 is 0 Å². The van der Waals surface area contributed by atoms with Crippen LogP contribution < -0.4 is 5.32 Å². The van der Waals surface area contributed by atoms with Gasteiger partial charge in [0.05, 0.1) is 0 Å². The maximum atomic E-state index is 8.41. The van der Waals surface area contributed by atoms with Gasteiger partial charge in [0.25, 0.3) is 0 Å². The van der Waals surface area contributed by atoms with E-state index >= 15 is 0 Å². The van der Waals surface area contributed by atoms with Gasteiger partial charge in [0.2, 0.25) is 0 Å². The zero-order chi connectivity index (χ0) is 7.94. The van der Waals surface area contributed by atoms with Gasteiger partial charge in [-0.05, 0) is 31.8 Å². The van der Waals surface area contributed by atoms with Gasteiger partial charge >= 0.3 is 0 Å². The van der Waals surface area contributed by atoms with Gasteiger partial charge in [0.15, 0.2) is 0 Å². The van der Waals surface area contributed by atoms with E-state index in [1.54, 1.807) is 0 Å². The summed E-state index contributed by atoms with van der Waals surface area (Å²) >= 11 is 0. The second-order valence-corrected chi connectivity index (χ2v) is 2.93. The third-order valence-electron chi connectivity index (χ3n) is 1.99. The molecule has 0 spiro atoms. The fourth-order valence-corrected chi connectivity index (χ4v) is 1.37. The molecule has 0 saturated carbocycles. The molecule has 0 bridgehead atoms. The second kappa shape index (κ2) is 5.17. The Morgan fingerprint density at radius 3 is 3.00 bits per heavy atom. The number of aliphatic hydroxyl groups excluding tert-OH is 1. The van der Waals surface area contributed by atoms with Gasteiger partial charge in [-0.3, -0.25) is 0 Å². The summed E-state index contributed by atoms with van der Waals surface area (Å²) in [5.74, 6) is 6.35. The SMILES string of the molecule is OCC#CCC1CCCNC1. The summed E-state index contributed by atoms with van der Waals surface area (Å²) in [6.45, 7) is 2.25. The topological polar surface area (TPSA) is 32.3 Å². The van der Waals surface area contributed by atoms with Crippen LogP contribution in [-0.4, -0.2) is 24.8 Å². The third kappa shape index (κ3) is 3.41. The van der Waals surface area contributed by atoms with Crippen LogP contribution in [0.15, 0.2) is 0 Å². The molecule has 1 heterocycles. The van der Waals surface area contributed by atoms with Gasteiger partial charge in [0, 0.05) is 6.42 Å². The fourth-order valence-electron chi connectivity index (χ4n) is 1.37. The molecule has 0 aromatic heterocycles. The number of rotatable bonds is 1. The van der Waals surface area contributed by atoms with Gasteiger partial charge in [-0.15, -0.1) is 5.92 Å². The monoisotopic (exact) mass is 153 g/mol. The first kappa shape index (κ1) is 8.58. The van der Waals surface area contributed by atoms with Crippen molar-refractivity contribution in [1.29, 1.82) is 0 Å². The molecule has 1 saturated heterocycles. The van der Waals surface area contributed by atoms with Crippen LogP contribution in [-0.2, 0) is 0 Å². The molecule has 1 atom stereocenters. The highest BCUT2D eigenvalue weighted by Gasteiger charge is 2.10. The molecule has 0 amide bonds. The zero-order valence-corrected chi connectivity index (χ0v) is 6.77. The first-order valence-electron chi connectivity index (χ1n) is 4.21. The van der Waals surface area contributed by atoms with Gasteiger partial charge in [-0.25, -0.2) is 0 Å². The molecule has 0 aromatic carbocycles. The minimum Gasteiger partial charge on any atom is -0.384 e. The van der Waals surface area contributed by atoms with Gasteiger partial charge in [-0.2, -0.15) is 0 Å². The van der Waals surface area contributed by atoms with Crippen molar-refractivity contribution in [2.45, 2.75) is 19.3 Å². The average molecular weight is 153 g/mol. The van der Waals surface area contributed by atoms with Crippen molar-refractivity contribution in [1.82, 2.24) is 5.32 Å². The minimum absolute atomic E-state index is 0.000147. The molecule has 0 aliphatic carbocycles. The Labute approximate surface area is 68.0 Å². The molecule has 2 N–H and O–H groups in total. The van der Waals surface area contributed by atoms with E-state index in [2.05, 4.69) is 17.2 Å². The second-order valence-electron chi connectivity index (χ2n) is 2.93. The lowest BCUT2D eigenvalue weighted by molar-refractivity contribution is 0.349. The standard InChI is InChI=1S/C9H15NO/c11-7-2-1-4-9-5-3-6-10-8-9/h9-11H,3-8H2. The molecule has 1 rings (SSSR count). The van der Waals surface area contributed by atoms with E-state index in [-0.39, 0.29) is 6.61 Å². The Hall–Kier alpha value is -0.520. The van der Waals surface area contributed by atoms with Gasteiger partial charge < -0.3 is 10.4 Å². The number of nitrogens with one attached hydrogen (secondary N) is 1. The lowest BCUT2D eigenvalue weighted by atomic mass is 9.97. The van der Waals surface area contributed by atoms with Crippen LogP contribution in [0, 0.1) is 17.8 Å². The van der Waals surface area contributed by atoms with E-state index in [4.69, 9.17) is 5.11 Å². The Balaban J connectivity index is 2.14. The van der Waals surface area contributed by atoms with Crippen molar-refractivity contribution >= 4 is 0 Å². The van der Waals surface area contributed by atoms with E-state index in [0.717, 1.165) is 19.5 Å². The Bertz CT molecular complexity index is 151. The van der Waals surface area contributed by atoms with E-state index in [9.17, 15) is 0 Å². The minimum atomic E-state index is 0.000147.